The number of amides is 1. The van der Waals surface area contributed by atoms with Crippen molar-refractivity contribution in [1.82, 2.24) is 9.91 Å². The molecule has 18 heavy (non-hydrogen) atoms. The first-order chi connectivity index (χ1) is 7.83. The Morgan fingerprint density at radius 1 is 1.33 bits per heavy atom. The van der Waals surface area contributed by atoms with Crippen LogP contribution in [0.2, 0.25) is 0 Å². The van der Waals surface area contributed by atoms with Crippen molar-refractivity contribution in [2.75, 3.05) is 26.2 Å². The van der Waals surface area contributed by atoms with Gasteiger partial charge in [0.2, 0.25) is 5.28 Å². The van der Waals surface area contributed by atoms with Crippen molar-refractivity contribution in [3.05, 3.63) is 5.21 Å². The van der Waals surface area contributed by atoms with Gasteiger partial charge in [0.1, 0.15) is 5.60 Å². The number of hydrazine groups is 1. The first kappa shape index (κ1) is 17.3. The number of piperazine rings is 1. The van der Waals surface area contributed by atoms with Crippen LogP contribution in [0.3, 0.4) is 0 Å². The Labute approximate surface area is 128 Å². The molecule has 0 bridgehead atoms. The van der Waals surface area contributed by atoms with Crippen molar-refractivity contribution in [3.8, 4) is 0 Å². The molecule has 0 atom stereocenters. The fraction of sp³-hybridized carbons (Fsp3) is 0.889. The Hall–Kier alpha value is -0.730. The molecule has 0 spiro atoms. The van der Waals surface area contributed by atoms with Crippen LogP contribution in [-0.2, 0) is 4.74 Å². The number of hydrogen-bond acceptors (Lipinski definition) is 4. The molecule has 1 aliphatic rings. The van der Waals surface area contributed by atoms with Gasteiger partial charge in [0.05, 0.1) is 18.1 Å². The molecule has 0 aromatic carbocycles. The van der Waals surface area contributed by atoms with Crippen LogP contribution in [0, 0.1) is 5.21 Å². The summed E-state index contributed by atoms with van der Waals surface area (Å²) in [4.78, 5) is 13.3. The maximum absolute atomic E-state index is 11.7. The summed E-state index contributed by atoms with van der Waals surface area (Å²) in [5, 5.41) is 23.1. The van der Waals surface area contributed by atoms with Crippen molar-refractivity contribution < 1.29 is 19.7 Å². The zero-order valence-corrected chi connectivity index (χ0v) is 10.3. The van der Waals surface area contributed by atoms with Crippen LogP contribution in [0.1, 0.15) is 20.8 Å². The Bertz CT molecular complexity index is 310. The van der Waals surface area contributed by atoms with E-state index in [0.29, 0.717) is 26.2 Å². The first-order valence-corrected chi connectivity index (χ1v) is 5.38. The molecule has 100 valence electrons. The molecule has 1 aliphatic heterocycles. The number of rotatable bonds is 1. The van der Waals surface area contributed by atoms with E-state index in [2.05, 4.69) is 5.28 Å². The molecule has 1 N–H and O–H groups in total. The standard InChI is InChI=1S/C9H18N4O4.Na.H/c1-9(2,3)17-8(14)11-4-6-12(7-5-11)13(16)10-15;;/h15H,4-7H2,1-3H3;;. The molecule has 0 unspecified atom stereocenters. The maximum atomic E-state index is 11.7. The van der Waals surface area contributed by atoms with Gasteiger partial charge in [0, 0.05) is 13.1 Å². The molecule has 1 amide bonds. The summed E-state index contributed by atoms with van der Waals surface area (Å²) in [5.41, 5.74) is -0.529. The summed E-state index contributed by atoms with van der Waals surface area (Å²) >= 11 is 0. The van der Waals surface area contributed by atoms with Crippen molar-refractivity contribution in [2.24, 2.45) is 5.28 Å². The summed E-state index contributed by atoms with van der Waals surface area (Å²) in [7, 11) is 0. The Morgan fingerprint density at radius 3 is 2.22 bits per heavy atom. The van der Waals surface area contributed by atoms with E-state index in [0.717, 1.165) is 0 Å². The molecular weight excluding hydrogens is 251 g/mol. The van der Waals surface area contributed by atoms with Gasteiger partial charge in [-0.05, 0) is 20.8 Å². The second kappa shape index (κ2) is 7.01. The number of nitrogens with zero attached hydrogens (tertiary/aromatic N) is 4. The van der Waals surface area contributed by atoms with E-state index in [-0.39, 0.29) is 34.5 Å². The molecular formula is C9H19N4NaO4. The summed E-state index contributed by atoms with van der Waals surface area (Å²) in [6.07, 6.45) is -0.393. The quantitative estimate of drug-likeness (QED) is 0.317. The van der Waals surface area contributed by atoms with E-state index in [1.165, 1.54) is 9.91 Å². The van der Waals surface area contributed by atoms with Crippen molar-refractivity contribution in [2.45, 2.75) is 26.4 Å². The summed E-state index contributed by atoms with van der Waals surface area (Å²) in [6.45, 7) is 6.74. The molecule has 0 aliphatic carbocycles. The van der Waals surface area contributed by atoms with E-state index in [4.69, 9.17) is 9.94 Å². The number of hydrogen-bond donors (Lipinski definition) is 1. The van der Waals surface area contributed by atoms with Gasteiger partial charge in [0.15, 0.2) is 0 Å². The minimum absolute atomic E-state index is 0. The summed E-state index contributed by atoms with van der Waals surface area (Å²) < 4.78 is 5.20. The zero-order chi connectivity index (χ0) is 13.1. The van der Waals surface area contributed by atoms with Crippen molar-refractivity contribution >= 4 is 35.7 Å². The summed E-state index contributed by atoms with van der Waals surface area (Å²) in [5.74, 6) is 0. The van der Waals surface area contributed by atoms with E-state index in [1.807, 2.05) is 0 Å². The van der Waals surface area contributed by atoms with Crippen LogP contribution in [0.25, 0.3) is 0 Å². The van der Waals surface area contributed by atoms with Gasteiger partial charge in [-0.3, -0.25) is 0 Å². The predicted octanol–water partition coefficient (Wildman–Crippen LogP) is 0.157. The normalized spacial score (nSPS) is 17.2. The van der Waals surface area contributed by atoms with Crippen LogP contribution in [-0.4, -0.2) is 87.5 Å². The molecule has 1 heterocycles. The number of ether oxygens (including phenoxy) is 1. The fourth-order valence-corrected chi connectivity index (χ4v) is 1.43. The van der Waals surface area contributed by atoms with Crippen molar-refractivity contribution in [3.63, 3.8) is 0 Å². The first-order valence-electron chi connectivity index (χ1n) is 5.38. The molecule has 1 saturated heterocycles. The Kier molecular flexibility index (Phi) is 6.72. The molecule has 0 radical (unpaired) electrons. The Balaban J connectivity index is 0.00000289. The van der Waals surface area contributed by atoms with E-state index < -0.39 is 11.7 Å². The third-order valence-corrected chi connectivity index (χ3v) is 2.23. The molecule has 1 fully saturated rings. The third kappa shape index (κ3) is 5.28. The van der Waals surface area contributed by atoms with Crippen LogP contribution >= 0.6 is 0 Å². The van der Waals surface area contributed by atoms with E-state index >= 15 is 0 Å². The monoisotopic (exact) mass is 270 g/mol. The molecule has 0 saturated carbocycles. The molecule has 9 heteroatoms. The minimum atomic E-state index is -0.529. The van der Waals surface area contributed by atoms with Crippen LogP contribution < -0.4 is 0 Å². The third-order valence-electron chi connectivity index (χ3n) is 2.23. The van der Waals surface area contributed by atoms with Gasteiger partial charge < -0.3 is 20.1 Å². The average molecular weight is 270 g/mol. The molecule has 0 aromatic heterocycles. The second-order valence-corrected chi connectivity index (χ2v) is 4.76. The van der Waals surface area contributed by atoms with E-state index in [1.54, 1.807) is 20.8 Å². The molecule has 1 rings (SSSR count). The zero-order valence-electron chi connectivity index (χ0n) is 10.3. The number of carbonyl (C=O) groups is 1. The van der Waals surface area contributed by atoms with Crippen LogP contribution in [0.4, 0.5) is 4.79 Å². The van der Waals surface area contributed by atoms with Gasteiger partial charge in [-0.25, -0.2) is 4.79 Å². The molecule has 0 aromatic rings. The SMILES string of the molecule is CC(C)(C)OC(=O)N1CCN([N+]([O-])=NO)CC1.[NaH]. The fourth-order valence-electron chi connectivity index (χ4n) is 1.43. The van der Waals surface area contributed by atoms with E-state index in [9.17, 15) is 10.0 Å². The van der Waals surface area contributed by atoms with Gasteiger partial charge in [-0.15, -0.1) is 5.01 Å². The van der Waals surface area contributed by atoms with Gasteiger partial charge >= 0.3 is 35.7 Å². The predicted molar refractivity (Wildman–Crippen MR) is 64.4 cm³/mol. The van der Waals surface area contributed by atoms with Gasteiger partial charge in [-0.2, -0.15) is 0 Å². The van der Waals surface area contributed by atoms with Crippen LogP contribution in [0.5, 0.6) is 0 Å². The topological polar surface area (TPSA) is 91.4 Å². The van der Waals surface area contributed by atoms with Gasteiger partial charge in [0.25, 0.3) is 0 Å². The van der Waals surface area contributed by atoms with Gasteiger partial charge in [-0.1, -0.05) is 0 Å². The Morgan fingerprint density at radius 2 is 1.83 bits per heavy atom. The summed E-state index contributed by atoms with van der Waals surface area (Å²) in [6, 6.07) is 0. The van der Waals surface area contributed by atoms with Crippen molar-refractivity contribution in [1.29, 1.82) is 0 Å². The molecule has 8 nitrogen and oxygen atoms in total. The average Bonchev–Trinajstić information content (AvgIpc) is 2.26. The second-order valence-electron chi connectivity index (χ2n) is 4.76. The van der Waals surface area contributed by atoms with Crippen LogP contribution in [0.15, 0.2) is 5.28 Å². The number of carbonyl (C=O) groups excluding carboxylic acids is 1.